The fourth-order valence-corrected chi connectivity index (χ4v) is 4.09. The standard InChI is InChI=1S/C25H26N2O3/c26-22-14-15-27(25(28)29)23(22)16-20-12-7-13-21(19-10-5-2-6-11-19)24(20)30-17-18-8-3-1-4-9-18/h1-13,22-23H,14-17,26H2,(H,28,29). The lowest BCUT2D eigenvalue weighted by Gasteiger charge is -2.26. The highest BCUT2D eigenvalue weighted by Crippen LogP contribution is 2.36. The van der Waals surface area contributed by atoms with Crippen molar-refractivity contribution in [3.8, 4) is 16.9 Å². The Bertz CT molecular complexity index is 992. The fourth-order valence-electron chi connectivity index (χ4n) is 4.09. The van der Waals surface area contributed by atoms with E-state index in [0.717, 1.165) is 28.0 Å². The fraction of sp³-hybridized carbons (Fsp3) is 0.240. The number of likely N-dealkylation sites (tertiary alicyclic amines) is 1. The number of nitrogens with two attached hydrogens (primary N) is 1. The van der Waals surface area contributed by atoms with Crippen LogP contribution in [0.2, 0.25) is 0 Å². The molecule has 0 radical (unpaired) electrons. The molecular formula is C25H26N2O3. The Morgan fingerprint density at radius 3 is 2.40 bits per heavy atom. The van der Waals surface area contributed by atoms with Gasteiger partial charge in [0.15, 0.2) is 0 Å². The predicted molar refractivity (Wildman–Crippen MR) is 117 cm³/mol. The second-order valence-electron chi connectivity index (χ2n) is 7.63. The zero-order valence-corrected chi connectivity index (χ0v) is 16.8. The van der Waals surface area contributed by atoms with Gasteiger partial charge in [0.1, 0.15) is 12.4 Å². The number of nitrogens with zero attached hydrogens (tertiary/aromatic N) is 1. The van der Waals surface area contributed by atoms with E-state index in [4.69, 9.17) is 10.5 Å². The van der Waals surface area contributed by atoms with Crippen molar-refractivity contribution in [2.45, 2.75) is 31.5 Å². The average molecular weight is 402 g/mol. The summed E-state index contributed by atoms with van der Waals surface area (Å²) in [6.45, 7) is 0.913. The van der Waals surface area contributed by atoms with Crippen molar-refractivity contribution in [1.29, 1.82) is 0 Å². The Labute approximate surface area is 176 Å². The summed E-state index contributed by atoms with van der Waals surface area (Å²) in [6, 6.07) is 25.7. The lowest BCUT2D eigenvalue weighted by molar-refractivity contribution is 0.138. The van der Waals surface area contributed by atoms with E-state index in [9.17, 15) is 9.90 Å². The first kappa shape index (κ1) is 20.0. The molecule has 154 valence electrons. The molecule has 5 nitrogen and oxygen atoms in total. The zero-order valence-electron chi connectivity index (χ0n) is 16.8. The number of carboxylic acid groups (broad SMARTS) is 1. The molecule has 1 heterocycles. The number of para-hydroxylation sites is 1. The molecule has 1 amide bonds. The van der Waals surface area contributed by atoms with Crippen LogP contribution in [0.15, 0.2) is 78.9 Å². The van der Waals surface area contributed by atoms with E-state index in [1.54, 1.807) is 0 Å². The van der Waals surface area contributed by atoms with Crippen LogP contribution in [0.4, 0.5) is 4.79 Å². The van der Waals surface area contributed by atoms with Crippen molar-refractivity contribution >= 4 is 6.09 Å². The molecule has 3 aromatic rings. The third-order valence-electron chi connectivity index (χ3n) is 5.68. The normalized spacial score (nSPS) is 18.4. The van der Waals surface area contributed by atoms with E-state index in [0.29, 0.717) is 26.0 Å². The largest absolute Gasteiger partial charge is 0.488 e. The number of rotatable bonds is 6. The highest BCUT2D eigenvalue weighted by molar-refractivity contribution is 5.72. The Balaban J connectivity index is 1.69. The van der Waals surface area contributed by atoms with Crippen molar-refractivity contribution in [1.82, 2.24) is 4.90 Å². The Morgan fingerprint density at radius 2 is 1.70 bits per heavy atom. The maximum absolute atomic E-state index is 11.7. The van der Waals surface area contributed by atoms with Crippen LogP contribution in [0.25, 0.3) is 11.1 Å². The van der Waals surface area contributed by atoms with Crippen LogP contribution in [-0.2, 0) is 13.0 Å². The number of hydrogen-bond acceptors (Lipinski definition) is 3. The molecule has 30 heavy (non-hydrogen) atoms. The smallest absolute Gasteiger partial charge is 0.407 e. The molecule has 0 spiro atoms. The zero-order chi connectivity index (χ0) is 20.9. The molecule has 0 bridgehead atoms. The van der Waals surface area contributed by atoms with Crippen LogP contribution in [-0.4, -0.2) is 34.7 Å². The molecule has 1 aliphatic rings. The first-order valence-corrected chi connectivity index (χ1v) is 10.2. The van der Waals surface area contributed by atoms with Crippen LogP contribution in [0.3, 0.4) is 0 Å². The minimum Gasteiger partial charge on any atom is -0.488 e. The number of benzene rings is 3. The number of ether oxygens (including phenoxy) is 1. The molecule has 4 rings (SSSR count). The molecule has 5 heteroatoms. The van der Waals surface area contributed by atoms with Gasteiger partial charge in [-0.3, -0.25) is 0 Å². The van der Waals surface area contributed by atoms with Crippen molar-refractivity contribution in [2.24, 2.45) is 5.73 Å². The van der Waals surface area contributed by atoms with Gasteiger partial charge in [0, 0.05) is 18.2 Å². The van der Waals surface area contributed by atoms with Crippen LogP contribution < -0.4 is 10.5 Å². The number of hydrogen-bond donors (Lipinski definition) is 2. The van der Waals surface area contributed by atoms with Crippen LogP contribution in [0.1, 0.15) is 17.5 Å². The summed E-state index contributed by atoms with van der Waals surface area (Å²) in [6.07, 6.45) is 0.285. The highest BCUT2D eigenvalue weighted by atomic mass is 16.5. The molecule has 2 atom stereocenters. The van der Waals surface area contributed by atoms with E-state index in [2.05, 4.69) is 12.1 Å². The lowest BCUT2D eigenvalue weighted by Crippen LogP contribution is -2.43. The lowest BCUT2D eigenvalue weighted by atomic mass is 9.95. The Hall–Kier alpha value is -3.31. The maximum Gasteiger partial charge on any atom is 0.407 e. The molecule has 0 aromatic heterocycles. The second kappa shape index (κ2) is 9.01. The minimum absolute atomic E-state index is 0.177. The molecule has 1 aliphatic heterocycles. The maximum atomic E-state index is 11.7. The van der Waals surface area contributed by atoms with Crippen LogP contribution >= 0.6 is 0 Å². The Morgan fingerprint density at radius 1 is 1.00 bits per heavy atom. The van der Waals surface area contributed by atoms with Gasteiger partial charge in [0.2, 0.25) is 0 Å². The Kier molecular flexibility index (Phi) is 6.00. The van der Waals surface area contributed by atoms with Gasteiger partial charge in [-0.05, 0) is 29.5 Å². The molecule has 3 N–H and O–H groups in total. The summed E-state index contributed by atoms with van der Waals surface area (Å²) in [5.41, 5.74) is 10.4. The molecular weight excluding hydrogens is 376 g/mol. The topological polar surface area (TPSA) is 75.8 Å². The molecule has 3 aromatic carbocycles. The summed E-state index contributed by atoms with van der Waals surface area (Å²) in [5.74, 6) is 0.789. The van der Waals surface area contributed by atoms with Gasteiger partial charge in [-0.1, -0.05) is 78.9 Å². The monoisotopic (exact) mass is 402 g/mol. The van der Waals surface area contributed by atoms with Gasteiger partial charge >= 0.3 is 6.09 Å². The summed E-state index contributed by atoms with van der Waals surface area (Å²) in [7, 11) is 0. The van der Waals surface area contributed by atoms with Gasteiger partial charge in [0.05, 0.1) is 6.04 Å². The van der Waals surface area contributed by atoms with Gasteiger partial charge in [-0.2, -0.15) is 0 Å². The van der Waals surface area contributed by atoms with E-state index in [1.807, 2.05) is 66.7 Å². The highest BCUT2D eigenvalue weighted by Gasteiger charge is 2.35. The molecule has 1 saturated heterocycles. The van der Waals surface area contributed by atoms with Crippen molar-refractivity contribution in [2.75, 3.05) is 6.54 Å². The summed E-state index contributed by atoms with van der Waals surface area (Å²) in [4.78, 5) is 13.1. The van der Waals surface area contributed by atoms with Crippen molar-refractivity contribution in [3.05, 3.63) is 90.0 Å². The molecule has 0 saturated carbocycles. The predicted octanol–water partition coefficient (Wildman–Crippen LogP) is 4.55. The van der Waals surface area contributed by atoms with Gasteiger partial charge in [-0.15, -0.1) is 0 Å². The molecule has 1 fully saturated rings. The van der Waals surface area contributed by atoms with Crippen LogP contribution in [0.5, 0.6) is 5.75 Å². The van der Waals surface area contributed by atoms with Gasteiger partial charge in [-0.25, -0.2) is 4.79 Å². The summed E-state index contributed by atoms with van der Waals surface area (Å²) in [5, 5.41) is 9.57. The minimum atomic E-state index is -0.918. The van der Waals surface area contributed by atoms with Gasteiger partial charge < -0.3 is 20.5 Å². The van der Waals surface area contributed by atoms with Crippen molar-refractivity contribution in [3.63, 3.8) is 0 Å². The van der Waals surface area contributed by atoms with E-state index in [-0.39, 0.29) is 12.1 Å². The second-order valence-corrected chi connectivity index (χ2v) is 7.63. The average Bonchev–Trinajstić information content (AvgIpc) is 3.14. The SMILES string of the molecule is NC1CCN(C(=O)O)C1Cc1cccc(-c2ccccc2)c1OCc1ccccc1. The third kappa shape index (κ3) is 4.31. The number of amides is 1. The van der Waals surface area contributed by atoms with Gasteiger partial charge in [0.25, 0.3) is 0 Å². The van der Waals surface area contributed by atoms with Crippen molar-refractivity contribution < 1.29 is 14.6 Å². The summed E-state index contributed by atoms with van der Waals surface area (Å²) >= 11 is 0. The third-order valence-corrected chi connectivity index (χ3v) is 5.68. The molecule has 0 aliphatic carbocycles. The summed E-state index contributed by atoms with van der Waals surface area (Å²) < 4.78 is 6.34. The van der Waals surface area contributed by atoms with E-state index < -0.39 is 6.09 Å². The first-order chi connectivity index (χ1) is 14.6. The van der Waals surface area contributed by atoms with E-state index >= 15 is 0 Å². The van der Waals surface area contributed by atoms with Crippen LogP contribution in [0, 0.1) is 0 Å². The van der Waals surface area contributed by atoms with E-state index in [1.165, 1.54) is 4.90 Å². The molecule has 2 unspecified atom stereocenters. The first-order valence-electron chi connectivity index (χ1n) is 10.2. The number of carbonyl (C=O) groups is 1. The quantitative estimate of drug-likeness (QED) is 0.634.